The van der Waals surface area contributed by atoms with E-state index in [1.165, 1.54) is 11.3 Å². The molecule has 2 atom stereocenters. The molecule has 1 aromatic carbocycles. The molecule has 8 nitrogen and oxygen atoms in total. The zero-order valence-corrected chi connectivity index (χ0v) is 15.6. The van der Waals surface area contributed by atoms with E-state index in [0.29, 0.717) is 35.7 Å². The maximum absolute atomic E-state index is 12.8. The first-order valence-corrected chi connectivity index (χ1v) is 9.82. The lowest BCUT2D eigenvalue weighted by Gasteiger charge is -2.29. The third kappa shape index (κ3) is 3.52. The van der Waals surface area contributed by atoms with E-state index in [-0.39, 0.29) is 30.7 Å². The second-order valence-electron chi connectivity index (χ2n) is 7.57. The Labute approximate surface area is 163 Å². The fraction of sp³-hybridized carbons (Fsp3) is 0.500. The minimum Gasteiger partial charge on any atom is -0.352 e. The Balaban J connectivity index is 1.45. The van der Waals surface area contributed by atoms with Crippen molar-refractivity contribution in [2.75, 3.05) is 13.1 Å². The van der Waals surface area contributed by atoms with E-state index in [9.17, 15) is 19.2 Å². The summed E-state index contributed by atoms with van der Waals surface area (Å²) < 4.78 is 0. The number of nitrogens with one attached hydrogen (secondary N) is 3. The molecule has 0 bridgehead atoms. The highest BCUT2D eigenvalue weighted by Gasteiger charge is 2.40. The Bertz CT molecular complexity index is 831. The maximum Gasteiger partial charge on any atom is 0.255 e. The summed E-state index contributed by atoms with van der Waals surface area (Å²) in [5, 5.41) is 8.64. The zero-order valence-electron chi connectivity index (χ0n) is 15.6. The van der Waals surface area contributed by atoms with Gasteiger partial charge in [0, 0.05) is 36.7 Å². The molecule has 28 heavy (non-hydrogen) atoms. The van der Waals surface area contributed by atoms with Gasteiger partial charge in [-0.3, -0.25) is 24.5 Å². The summed E-state index contributed by atoms with van der Waals surface area (Å²) in [5.74, 6) is -1.24. The van der Waals surface area contributed by atoms with E-state index in [4.69, 9.17) is 0 Å². The van der Waals surface area contributed by atoms with Gasteiger partial charge in [0.15, 0.2) is 0 Å². The molecule has 8 heteroatoms. The molecule has 0 aliphatic carbocycles. The first-order chi connectivity index (χ1) is 13.5. The van der Waals surface area contributed by atoms with Gasteiger partial charge in [-0.2, -0.15) is 0 Å². The van der Waals surface area contributed by atoms with Gasteiger partial charge in [-0.05, 0) is 49.9 Å². The summed E-state index contributed by atoms with van der Waals surface area (Å²) in [7, 11) is 0. The van der Waals surface area contributed by atoms with Crippen LogP contribution in [0.25, 0.3) is 0 Å². The molecule has 3 aliphatic rings. The summed E-state index contributed by atoms with van der Waals surface area (Å²) in [6, 6.07) is 4.86. The van der Waals surface area contributed by atoms with Crippen LogP contribution in [-0.4, -0.2) is 53.7 Å². The van der Waals surface area contributed by atoms with Gasteiger partial charge >= 0.3 is 0 Å². The lowest BCUT2D eigenvalue weighted by atomic mass is 10.0. The van der Waals surface area contributed by atoms with E-state index in [0.717, 1.165) is 19.4 Å². The smallest absolute Gasteiger partial charge is 0.255 e. The Morgan fingerprint density at radius 1 is 1.21 bits per heavy atom. The minimum absolute atomic E-state index is 0.201. The van der Waals surface area contributed by atoms with Crippen LogP contribution < -0.4 is 16.0 Å². The summed E-state index contributed by atoms with van der Waals surface area (Å²) >= 11 is 0. The summed E-state index contributed by atoms with van der Waals surface area (Å²) in [5.41, 5.74) is 1.57. The summed E-state index contributed by atoms with van der Waals surface area (Å²) in [6.07, 6.45) is 3.69. The fourth-order valence-electron chi connectivity index (χ4n) is 4.26. The van der Waals surface area contributed by atoms with Crippen molar-refractivity contribution in [2.24, 2.45) is 0 Å². The number of imide groups is 1. The first kappa shape index (κ1) is 18.6. The predicted molar refractivity (Wildman–Crippen MR) is 100 cm³/mol. The number of amides is 4. The van der Waals surface area contributed by atoms with Gasteiger partial charge in [0.25, 0.3) is 11.8 Å². The molecule has 148 valence electrons. The average molecular weight is 384 g/mol. The number of carbonyl (C=O) groups is 4. The van der Waals surface area contributed by atoms with E-state index in [1.807, 2.05) is 0 Å². The van der Waals surface area contributed by atoms with Gasteiger partial charge in [0.2, 0.25) is 11.8 Å². The monoisotopic (exact) mass is 384 g/mol. The van der Waals surface area contributed by atoms with Crippen LogP contribution >= 0.6 is 0 Å². The number of carbonyl (C=O) groups excluding carboxylic acids is 4. The Kier molecular flexibility index (Phi) is 5.13. The van der Waals surface area contributed by atoms with Gasteiger partial charge in [0.05, 0.1) is 0 Å². The van der Waals surface area contributed by atoms with Gasteiger partial charge < -0.3 is 15.5 Å². The van der Waals surface area contributed by atoms with Crippen molar-refractivity contribution in [3.05, 3.63) is 34.9 Å². The molecule has 4 amide bonds. The van der Waals surface area contributed by atoms with Crippen LogP contribution in [0.1, 0.15) is 58.4 Å². The number of benzene rings is 1. The van der Waals surface area contributed by atoms with E-state index in [2.05, 4.69) is 16.0 Å². The Hall–Kier alpha value is -2.74. The van der Waals surface area contributed by atoms with Crippen LogP contribution in [0.3, 0.4) is 0 Å². The third-order valence-corrected chi connectivity index (χ3v) is 5.77. The highest BCUT2D eigenvalue weighted by molar-refractivity contribution is 6.07. The summed E-state index contributed by atoms with van der Waals surface area (Å²) in [6.45, 7) is 1.81. The third-order valence-electron chi connectivity index (χ3n) is 5.77. The highest BCUT2D eigenvalue weighted by atomic mass is 16.2. The molecule has 3 N–H and O–H groups in total. The number of piperidine rings is 1. The Morgan fingerprint density at radius 3 is 2.82 bits per heavy atom. The molecule has 4 rings (SSSR count). The second-order valence-corrected chi connectivity index (χ2v) is 7.57. The second kappa shape index (κ2) is 7.71. The standard InChI is InChI=1S/C20H24N4O4/c25-17-7-6-16(19(27)23-17)24-11-15-13(4-1-5-14(15)20(24)28)18(26)22-10-8-12-3-2-9-21-12/h1,4-5,12,16,21H,2-3,6-11H2,(H,22,26)(H,23,25,27)/t12-,16?/m0/s1. The first-order valence-electron chi connectivity index (χ1n) is 9.82. The van der Waals surface area contributed by atoms with Crippen molar-refractivity contribution in [3.63, 3.8) is 0 Å². The number of nitrogens with zero attached hydrogens (tertiary/aromatic N) is 1. The van der Waals surface area contributed by atoms with Crippen LogP contribution in [0.4, 0.5) is 0 Å². The van der Waals surface area contributed by atoms with E-state index in [1.54, 1.807) is 18.2 Å². The van der Waals surface area contributed by atoms with Crippen molar-refractivity contribution in [1.29, 1.82) is 0 Å². The topological polar surface area (TPSA) is 108 Å². The molecule has 2 saturated heterocycles. The normalized spacial score (nSPS) is 24.3. The minimum atomic E-state index is -0.679. The van der Waals surface area contributed by atoms with Crippen LogP contribution in [0, 0.1) is 0 Å². The van der Waals surface area contributed by atoms with Crippen molar-refractivity contribution in [3.8, 4) is 0 Å². The van der Waals surface area contributed by atoms with Crippen LogP contribution in [0.5, 0.6) is 0 Å². The van der Waals surface area contributed by atoms with Gasteiger partial charge in [-0.1, -0.05) is 6.07 Å². The maximum atomic E-state index is 12.8. The molecule has 0 saturated carbocycles. The van der Waals surface area contributed by atoms with E-state index >= 15 is 0 Å². The van der Waals surface area contributed by atoms with Gasteiger partial charge in [-0.25, -0.2) is 0 Å². The SMILES string of the molecule is O=C1CCC(N2Cc3c(C(=O)NCC[C@@H]4CCCN4)cccc3C2=O)C(=O)N1. The van der Waals surface area contributed by atoms with Crippen LogP contribution in [-0.2, 0) is 16.1 Å². The fourth-order valence-corrected chi connectivity index (χ4v) is 4.26. The number of hydrogen-bond acceptors (Lipinski definition) is 5. The zero-order chi connectivity index (χ0) is 19.7. The molecular formula is C20H24N4O4. The molecule has 0 radical (unpaired) electrons. The lowest BCUT2D eigenvalue weighted by molar-refractivity contribution is -0.136. The lowest BCUT2D eigenvalue weighted by Crippen LogP contribution is -2.52. The molecule has 0 spiro atoms. The molecule has 1 unspecified atom stereocenters. The molecule has 1 aromatic rings. The number of hydrogen-bond donors (Lipinski definition) is 3. The van der Waals surface area contributed by atoms with Crippen molar-refractivity contribution in [1.82, 2.24) is 20.9 Å². The van der Waals surface area contributed by atoms with Crippen molar-refractivity contribution < 1.29 is 19.2 Å². The largest absolute Gasteiger partial charge is 0.352 e. The molecule has 0 aromatic heterocycles. The predicted octanol–water partition coefficient (Wildman–Crippen LogP) is 0.320. The van der Waals surface area contributed by atoms with Crippen LogP contribution in [0.2, 0.25) is 0 Å². The van der Waals surface area contributed by atoms with Crippen LogP contribution in [0.15, 0.2) is 18.2 Å². The van der Waals surface area contributed by atoms with Gasteiger partial charge in [-0.15, -0.1) is 0 Å². The van der Waals surface area contributed by atoms with Gasteiger partial charge in [0.1, 0.15) is 6.04 Å². The highest BCUT2D eigenvalue weighted by Crippen LogP contribution is 2.29. The Morgan fingerprint density at radius 2 is 2.07 bits per heavy atom. The number of rotatable bonds is 5. The number of fused-ring (bicyclic) bond motifs is 1. The molecule has 3 heterocycles. The quantitative estimate of drug-likeness (QED) is 0.634. The summed E-state index contributed by atoms with van der Waals surface area (Å²) in [4.78, 5) is 50.5. The molecule has 2 fully saturated rings. The molecular weight excluding hydrogens is 360 g/mol. The average Bonchev–Trinajstić information content (AvgIpc) is 3.30. The van der Waals surface area contributed by atoms with Crippen molar-refractivity contribution in [2.45, 2.75) is 50.7 Å². The van der Waals surface area contributed by atoms with Crippen molar-refractivity contribution >= 4 is 23.6 Å². The molecule has 3 aliphatic heterocycles. The van der Waals surface area contributed by atoms with E-state index < -0.39 is 11.9 Å².